The van der Waals surface area contributed by atoms with Gasteiger partial charge < -0.3 is 19.9 Å². The Labute approximate surface area is 263 Å². The number of hydrogen-bond acceptors (Lipinski definition) is 6. The summed E-state index contributed by atoms with van der Waals surface area (Å²) in [6.45, 7) is 0.851. The fourth-order valence-corrected chi connectivity index (χ4v) is 6.91. The van der Waals surface area contributed by atoms with Gasteiger partial charge in [0.25, 0.3) is 11.5 Å². The molecule has 2 aliphatic rings. The Kier molecular flexibility index (Phi) is 8.55. The maximum Gasteiger partial charge on any atom is 0.362 e. The van der Waals surface area contributed by atoms with E-state index in [-0.39, 0.29) is 50.3 Å². The van der Waals surface area contributed by atoms with Crippen molar-refractivity contribution < 1.29 is 23.5 Å². The lowest BCUT2D eigenvalue weighted by atomic mass is 10.0. The number of fused-ring (bicyclic) bond motifs is 1. The molecule has 1 aromatic heterocycles. The van der Waals surface area contributed by atoms with Crippen molar-refractivity contribution in [1.29, 1.82) is 5.26 Å². The van der Waals surface area contributed by atoms with Crippen LogP contribution >= 0.6 is 46.6 Å². The second-order valence-corrected chi connectivity index (χ2v) is 12.3. The van der Waals surface area contributed by atoms with Gasteiger partial charge in [0.05, 0.1) is 34.3 Å². The molecule has 0 spiro atoms. The largest absolute Gasteiger partial charge is 0.506 e. The van der Waals surface area contributed by atoms with Gasteiger partial charge >= 0.3 is 11.4 Å². The third kappa shape index (κ3) is 5.87. The molecular formula is C28H22Cl3F2N5O4S. The first kappa shape index (κ1) is 30.9. The third-order valence-corrected chi connectivity index (χ3v) is 9.47. The SMILES string of the molecule is CN1CCCN(c2cc3c(cc2O)[C@@H](CC#N)N(C(=O)c2c(Sc4c(Cl)cccc4Cl)cc(C(F)(F)Cl)[nH]c2=O)C3)C1=O. The van der Waals surface area contributed by atoms with Gasteiger partial charge in [0.2, 0.25) is 0 Å². The molecule has 43 heavy (non-hydrogen) atoms. The molecule has 3 aromatic rings. The maximum atomic E-state index is 14.1. The van der Waals surface area contributed by atoms with Crippen molar-refractivity contribution in [1.82, 2.24) is 14.8 Å². The van der Waals surface area contributed by atoms with E-state index in [9.17, 15) is 33.5 Å². The number of H-pyrrole nitrogens is 1. The zero-order valence-electron chi connectivity index (χ0n) is 22.3. The van der Waals surface area contributed by atoms with E-state index in [0.717, 1.165) is 17.8 Å². The topological polar surface area (TPSA) is 121 Å². The number of halogens is 5. The van der Waals surface area contributed by atoms with Gasteiger partial charge in [-0.3, -0.25) is 14.5 Å². The number of carbonyl (C=O) groups is 2. The predicted molar refractivity (Wildman–Crippen MR) is 158 cm³/mol. The normalized spacial score (nSPS) is 16.8. The van der Waals surface area contributed by atoms with E-state index in [1.807, 2.05) is 11.1 Å². The molecule has 0 radical (unpaired) electrons. The number of nitriles is 1. The summed E-state index contributed by atoms with van der Waals surface area (Å²) >= 11 is 18.5. The molecule has 2 aliphatic heterocycles. The number of phenols is 1. The minimum atomic E-state index is -3.96. The summed E-state index contributed by atoms with van der Waals surface area (Å²) in [5, 5.41) is 16.9. The first-order chi connectivity index (χ1) is 20.3. The molecule has 15 heteroatoms. The second-order valence-electron chi connectivity index (χ2n) is 9.96. The molecule has 1 fully saturated rings. The van der Waals surface area contributed by atoms with Crippen LogP contribution in [0.3, 0.4) is 0 Å². The summed E-state index contributed by atoms with van der Waals surface area (Å²) in [7, 11) is 1.65. The van der Waals surface area contributed by atoms with Crippen molar-refractivity contribution in [3.63, 3.8) is 0 Å². The zero-order chi connectivity index (χ0) is 31.2. The number of hydrogen-bond donors (Lipinski definition) is 2. The van der Waals surface area contributed by atoms with E-state index in [1.165, 1.54) is 32.9 Å². The van der Waals surface area contributed by atoms with Gasteiger partial charge in [0, 0.05) is 36.5 Å². The van der Waals surface area contributed by atoms with E-state index in [2.05, 4.69) is 0 Å². The number of phenolic OH excluding ortho intramolecular Hbond substituents is 1. The Morgan fingerprint density at radius 3 is 2.56 bits per heavy atom. The lowest BCUT2D eigenvalue weighted by molar-refractivity contribution is 0.0684. The molecular weight excluding hydrogens is 647 g/mol. The lowest BCUT2D eigenvalue weighted by Crippen LogP contribution is -2.47. The number of aromatic amines is 1. The average Bonchev–Trinajstić information content (AvgIpc) is 3.28. The Balaban J connectivity index is 1.59. The number of nitrogens with one attached hydrogen (secondary N) is 1. The van der Waals surface area contributed by atoms with Crippen LogP contribution < -0.4 is 10.5 Å². The number of aromatic hydroxyl groups is 1. The number of urea groups is 1. The fraction of sp³-hybridized carbons (Fsp3) is 0.286. The van der Waals surface area contributed by atoms with Crippen LogP contribution in [-0.4, -0.2) is 52.0 Å². The molecule has 2 aromatic carbocycles. The van der Waals surface area contributed by atoms with Crippen LogP contribution in [0.25, 0.3) is 0 Å². The Morgan fingerprint density at radius 2 is 1.91 bits per heavy atom. The van der Waals surface area contributed by atoms with Crippen LogP contribution in [0.15, 0.2) is 51.0 Å². The smallest absolute Gasteiger partial charge is 0.362 e. The molecule has 0 saturated carbocycles. The Morgan fingerprint density at radius 1 is 1.21 bits per heavy atom. The van der Waals surface area contributed by atoms with Gasteiger partial charge in [-0.2, -0.15) is 14.0 Å². The molecule has 0 unspecified atom stereocenters. The number of anilines is 1. The molecule has 1 atom stereocenters. The fourth-order valence-electron chi connectivity index (χ4n) is 5.17. The molecule has 9 nitrogen and oxygen atoms in total. The number of aromatic nitrogens is 1. The van der Waals surface area contributed by atoms with Crippen LogP contribution in [0.5, 0.6) is 5.75 Å². The number of benzene rings is 2. The predicted octanol–water partition coefficient (Wildman–Crippen LogP) is 6.70. The second kappa shape index (κ2) is 11.9. The van der Waals surface area contributed by atoms with Crippen molar-refractivity contribution in [2.75, 3.05) is 25.0 Å². The molecule has 3 heterocycles. The van der Waals surface area contributed by atoms with Gasteiger partial charge in [-0.15, -0.1) is 0 Å². The van der Waals surface area contributed by atoms with Gasteiger partial charge in [0.15, 0.2) is 0 Å². The molecule has 224 valence electrons. The number of amides is 3. The first-order valence-corrected chi connectivity index (χ1v) is 14.8. The number of pyridine rings is 1. The summed E-state index contributed by atoms with van der Waals surface area (Å²) in [4.78, 5) is 46.4. The molecule has 3 amide bonds. The highest BCUT2D eigenvalue weighted by Crippen LogP contribution is 2.45. The first-order valence-electron chi connectivity index (χ1n) is 12.8. The molecule has 1 saturated heterocycles. The minimum absolute atomic E-state index is 0.0878. The summed E-state index contributed by atoms with van der Waals surface area (Å²) in [5.41, 5.74) is -1.31. The van der Waals surface area contributed by atoms with Crippen LogP contribution in [0.4, 0.5) is 19.3 Å². The highest BCUT2D eigenvalue weighted by atomic mass is 35.5. The standard InChI is InChI=1S/C28H22Cl3F2N5O4S/c1-36-8-3-9-37(27(36)42)19-10-14-13-38(18(6-7-34)15(14)11-20(19)39)26(41)23-21(12-22(28(31,32)33)35-25(23)40)43-24-16(29)4-2-5-17(24)30/h2,4-5,10-12,18,39H,3,6,8-9,13H2,1H3,(H,35,40)/t18-/m1/s1. The minimum Gasteiger partial charge on any atom is -0.506 e. The molecule has 0 bridgehead atoms. The molecule has 0 aliphatic carbocycles. The van der Waals surface area contributed by atoms with Gasteiger partial charge in [-0.05, 0) is 59.5 Å². The number of nitrogens with zero attached hydrogens (tertiary/aromatic N) is 4. The maximum absolute atomic E-state index is 14.1. The summed E-state index contributed by atoms with van der Waals surface area (Å²) in [6.07, 6.45) is 0.480. The quantitative estimate of drug-likeness (QED) is 0.282. The van der Waals surface area contributed by atoms with Gasteiger partial charge in [-0.25, -0.2) is 4.79 Å². The van der Waals surface area contributed by atoms with Gasteiger partial charge in [0.1, 0.15) is 17.0 Å². The zero-order valence-corrected chi connectivity index (χ0v) is 25.4. The van der Waals surface area contributed by atoms with Crippen molar-refractivity contribution in [2.45, 2.75) is 40.6 Å². The molecule has 5 rings (SSSR count). The van der Waals surface area contributed by atoms with E-state index >= 15 is 0 Å². The van der Waals surface area contributed by atoms with E-state index in [1.54, 1.807) is 19.2 Å². The Bertz CT molecular complexity index is 1720. The van der Waals surface area contributed by atoms with Crippen LogP contribution in [0.2, 0.25) is 10.0 Å². The summed E-state index contributed by atoms with van der Waals surface area (Å²) in [5.74, 6) is -1.07. The third-order valence-electron chi connectivity index (χ3n) is 7.23. The summed E-state index contributed by atoms with van der Waals surface area (Å²) in [6, 6.07) is 9.30. The van der Waals surface area contributed by atoms with Crippen molar-refractivity contribution >= 4 is 64.2 Å². The monoisotopic (exact) mass is 667 g/mol. The van der Waals surface area contributed by atoms with Crippen LogP contribution in [0.1, 0.15) is 46.1 Å². The van der Waals surface area contributed by atoms with Crippen LogP contribution in [-0.2, 0) is 11.9 Å². The number of alkyl halides is 3. The lowest BCUT2D eigenvalue weighted by Gasteiger charge is -2.33. The van der Waals surface area contributed by atoms with Crippen LogP contribution in [0, 0.1) is 11.3 Å². The Hall–Kier alpha value is -3.50. The van der Waals surface area contributed by atoms with E-state index in [0.29, 0.717) is 30.6 Å². The number of carbonyl (C=O) groups excluding carboxylic acids is 2. The van der Waals surface area contributed by atoms with Crippen molar-refractivity contribution in [2.24, 2.45) is 0 Å². The van der Waals surface area contributed by atoms with E-state index in [4.69, 9.17) is 34.8 Å². The van der Waals surface area contributed by atoms with Gasteiger partial charge in [-0.1, -0.05) is 41.0 Å². The average molecular weight is 669 g/mol. The summed E-state index contributed by atoms with van der Waals surface area (Å²) < 4.78 is 28.2. The number of rotatable bonds is 6. The van der Waals surface area contributed by atoms with E-state index < -0.39 is 34.1 Å². The van der Waals surface area contributed by atoms with Crippen molar-refractivity contribution in [3.8, 4) is 11.8 Å². The molecule has 2 N–H and O–H groups in total. The highest BCUT2D eigenvalue weighted by molar-refractivity contribution is 7.99. The van der Waals surface area contributed by atoms with Crippen molar-refractivity contribution in [3.05, 3.63) is 79.2 Å². The highest BCUT2D eigenvalue weighted by Gasteiger charge is 2.39.